The van der Waals surface area contributed by atoms with E-state index < -0.39 is 6.04 Å². The highest BCUT2D eigenvalue weighted by atomic mass is 35.5. The van der Waals surface area contributed by atoms with Crippen LogP contribution in [0.25, 0.3) is 11.3 Å². The maximum atomic E-state index is 11.6. The van der Waals surface area contributed by atoms with Crippen molar-refractivity contribution in [1.29, 1.82) is 0 Å². The second kappa shape index (κ2) is 7.03. The van der Waals surface area contributed by atoms with Crippen LogP contribution in [0.15, 0.2) is 35.6 Å². The molecule has 1 saturated carbocycles. The van der Waals surface area contributed by atoms with Gasteiger partial charge in [-0.05, 0) is 49.9 Å². The molecule has 0 N–H and O–H groups in total. The van der Waals surface area contributed by atoms with Gasteiger partial charge < -0.3 is 9.47 Å². The fourth-order valence-corrected chi connectivity index (χ4v) is 3.11. The van der Waals surface area contributed by atoms with Gasteiger partial charge in [-0.25, -0.2) is 14.8 Å². The van der Waals surface area contributed by atoms with Crippen LogP contribution in [0, 0.1) is 0 Å². The Morgan fingerprint density at radius 3 is 2.69 bits per heavy atom. The number of esters is 1. The van der Waals surface area contributed by atoms with Crippen molar-refractivity contribution in [3.8, 4) is 17.0 Å². The second-order valence-electron chi connectivity index (χ2n) is 6.40. The Morgan fingerprint density at radius 2 is 1.96 bits per heavy atom. The maximum absolute atomic E-state index is 11.6. The van der Waals surface area contributed by atoms with E-state index in [4.69, 9.17) is 21.1 Å². The van der Waals surface area contributed by atoms with E-state index in [2.05, 4.69) is 15.0 Å². The molecule has 1 aliphatic heterocycles. The van der Waals surface area contributed by atoms with Crippen LogP contribution in [-0.4, -0.2) is 40.9 Å². The van der Waals surface area contributed by atoms with Crippen molar-refractivity contribution in [3.63, 3.8) is 0 Å². The van der Waals surface area contributed by atoms with Crippen molar-refractivity contribution in [2.24, 2.45) is 4.99 Å². The number of carbonyl (C=O) groups excluding carboxylic acids is 1. The van der Waals surface area contributed by atoms with Crippen LogP contribution in [0.1, 0.15) is 31.4 Å². The Balaban J connectivity index is 1.58. The topological polar surface area (TPSA) is 73.7 Å². The smallest absolute Gasteiger partial charge is 0.330 e. The molecule has 1 aliphatic carbocycles. The number of rotatable bonds is 5. The van der Waals surface area contributed by atoms with Gasteiger partial charge in [0.2, 0.25) is 0 Å². The molecule has 2 aromatic rings. The lowest BCUT2D eigenvalue weighted by Crippen LogP contribution is -2.16. The predicted molar refractivity (Wildman–Crippen MR) is 97.7 cm³/mol. The van der Waals surface area contributed by atoms with E-state index in [-0.39, 0.29) is 5.97 Å². The SMILES string of the molecule is COC(=O)C1CCC(c2cc(-c3ccc(OC4CC4)c(Cl)c3)ncn2)=N1. The molecule has 0 bridgehead atoms. The Labute approximate surface area is 156 Å². The lowest BCUT2D eigenvalue weighted by molar-refractivity contribution is -0.141. The minimum Gasteiger partial charge on any atom is -0.489 e. The summed E-state index contributed by atoms with van der Waals surface area (Å²) in [5.74, 6) is 0.389. The summed E-state index contributed by atoms with van der Waals surface area (Å²) >= 11 is 6.34. The summed E-state index contributed by atoms with van der Waals surface area (Å²) < 4.78 is 10.5. The molecule has 1 unspecified atom stereocenters. The first kappa shape index (κ1) is 17.0. The lowest BCUT2D eigenvalue weighted by atomic mass is 10.1. The number of nitrogens with zero attached hydrogens (tertiary/aromatic N) is 3. The molecule has 134 valence electrons. The third-order valence-corrected chi connectivity index (χ3v) is 4.74. The lowest BCUT2D eigenvalue weighted by Gasteiger charge is -2.09. The number of halogens is 1. The molecule has 0 saturated heterocycles. The molecule has 4 rings (SSSR count). The van der Waals surface area contributed by atoms with Crippen LogP contribution in [-0.2, 0) is 9.53 Å². The number of hydrogen-bond donors (Lipinski definition) is 0. The molecule has 7 heteroatoms. The number of benzene rings is 1. The predicted octanol–water partition coefficient (Wildman–Crippen LogP) is 3.46. The normalized spacial score (nSPS) is 19.2. The van der Waals surface area contributed by atoms with Gasteiger partial charge in [0, 0.05) is 5.56 Å². The fourth-order valence-electron chi connectivity index (χ4n) is 2.89. The first-order valence-electron chi connectivity index (χ1n) is 8.57. The van der Waals surface area contributed by atoms with Crippen molar-refractivity contribution in [2.75, 3.05) is 7.11 Å². The summed E-state index contributed by atoms with van der Waals surface area (Å²) in [7, 11) is 1.37. The van der Waals surface area contributed by atoms with E-state index in [0.29, 0.717) is 29.7 Å². The van der Waals surface area contributed by atoms with Gasteiger partial charge in [0.15, 0.2) is 0 Å². The highest BCUT2D eigenvalue weighted by Gasteiger charge is 2.27. The highest BCUT2D eigenvalue weighted by Crippen LogP contribution is 2.34. The number of ether oxygens (including phenoxy) is 2. The third kappa shape index (κ3) is 3.55. The Kier molecular flexibility index (Phi) is 4.59. The molecule has 1 atom stereocenters. The zero-order valence-corrected chi connectivity index (χ0v) is 15.1. The summed E-state index contributed by atoms with van der Waals surface area (Å²) in [6.07, 6.45) is 5.30. The number of aromatic nitrogens is 2. The molecule has 26 heavy (non-hydrogen) atoms. The number of methoxy groups -OCH3 is 1. The van der Waals surface area contributed by atoms with E-state index in [1.807, 2.05) is 24.3 Å². The largest absolute Gasteiger partial charge is 0.489 e. The average Bonchev–Trinajstić information content (AvgIpc) is 3.35. The second-order valence-corrected chi connectivity index (χ2v) is 6.81. The highest BCUT2D eigenvalue weighted by molar-refractivity contribution is 6.32. The van der Waals surface area contributed by atoms with E-state index >= 15 is 0 Å². The molecule has 1 aromatic carbocycles. The molecule has 1 fully saturated rings. The van der Waals surface area contributed by atoms with Crippen molar-refractivity contribution >= 4 is 23.3 Å². The molecule has 2 heterocycles. The van der Waals surface area contributed by atoms with Gasteiger partial charge >= 0.3 is 5.97 Å². The standard InChI is InChI=1S/C19H18ClN3O3/c1-25-19(24)15-6-5-14(23-15)17-9-16(21-10-22-17)11-2-7-18(13(20)8-11)26-12-3-4-12/h2,7-10,12,15H,3-6H2,1H3. The minimum absolute atomic E-state index is 0.298. The van der Waals surface area contributed by atoms with E-state index in [1.54, 1.807) is 0 Å². The molecule has 0 spiro atoms. The summed E-state index contributed by atoms with van der Waals surface area (Å²) in [5.41, 5.74) is 3.14. The van der Waals surface area contributed by atoms with E-state index in [1.165, 1.54) is 13.4 Å². The molecule has 0 radical (unpaired) electrons. The molecular weight excluding hydrogens is 354 g/mol. The fraction of sp³-hybridized carbons (Fsp3) is 0.368. The van der Waals surface area contributed by atoms with Crippen LogP contribution in [0.3, 0.4) is 0 Å². The zero-order chi connectivity index (χ0) is 18.1. The van der Waals surface area contributed by atoms with Gasteiger partial charge in [-0.1, -0.05) is 11.6 Å². The van der Waals surface area contributed by atoms with Gasteiger partial charge in [-0.2, -0.15) is 0 Å². The minimum atomic E-state index is -0.443. The van der Waals surface area contributed by atoms with Crippen LogP contribution < -0.4 is 4.74 Å². The average molecular weight is 372 g/mol. The Morgan fingerprint density at radius 1 is 1.15 bits per heavy atom. The van der Waals surface area contributed by atoms with Crippen molar-refractivity contribution in [1.82, 2.24) is 9.97 Å². The van der Waals surface area contributed by atoms with Crippen LogP contribution in [0.5, 0.6) is 5.75 Å². The zero-order valence-electron chi connectivity index (χ0n) is 14.3. The summed E-state index contributed by atoms with van der Waals surface area (Å²) in [4.78, 5) is 24.7. The molecule has 6 nitrogen and oxygen atoms in total. The van der Waals surface area contributed by atoms with Gasteiger partial charge in [0.05, 0.1) is 35.3 Å². The number of aliphatic imine (C=N–C) groups is 1. The first-order valence-corrected chi connectivity index (χ1v) is 8.95. The van der Waals surface area contributed by atoms with Crippen LogP contribution in [0.4, 0.5) is 0 Å². The summed E-state index contributed by atoms with van der Waals surface area (Å²) in [5, 5.41) is 0.568. The molecular formula is C19H18ClN3O3. The van der Waals surface area contributed by atoms with Crippen molar-refractivity contribution in [2.45, 2.75) is 37.8 Å². The van der Waals surface area contributed by atoms with Crippen molar-refractivity contribution in [3.05, 3.63) is 41.3 Å². The summed E-state index contributed by atoms with van der Waals surface area (Å²) in [6.45, 7) is 0. The summed E-state index contributed by atoms with van der Waals surface area (Å²) in [6, 6.07) is 7.08. The third-order valence-electron chi connectivity index (χ3n) is 4.45. The van der Waals surface area contributed by atoms with Crippen LogP contribution in [0.2, 0.25) is 5.02 Å². The van der Waals surface area contributed by atoms with Crippen LogP contribution >= 0.6 is 11.6 Å². The van der Waals surface area contributed by atoms with Gasteiger partial charge in [0.1, 0.15) is 18.1 Å². The first-order chi connectivity index (χ1) is 12.6. The van der Waals surface area contributed by atoms with Gasteiger partial charge in [-0.15, -0.1) is 0 Å². The molecule has 1 aromatic heterocycles. The van der Waals surface area contributed by atoms with E-state index in [9.17, 15) is 4.79 Å². The Bertz CT molecular complexity index is 880. The number of carbonyl (C=O) groups is 1. The molecule has 2 aliphatic rings. The monoisotopic (exact) mass is 371 g/mol. The van der Waals surface area contributed by atoms with Gasteiger partial charge in [-0.3, -0.25) is 4.99 Å². The Hall–Kier alpha value is -2.47. The number of hydrogen-bond acceptors (Lipinski definition) is 6. The quantitative estimate of drug-likeness (QED) is 0.752. The maximum Gasteiger partial charge on any atom is 0.330 e. The van der Waals surface area contributed by atoms with Crippen molar-refractivity contribution < 1.29 is 14.3 Å². The van der Waals surface area contributed by atoms with E-state index in [0.717, 1.165) is 35.5 Å². The molecule has 0 amide bonds. The van der Waals surface area contributed by atoms with Gasteiger partial charge in [0.25, 0.3) is 0 Å².